The molecule has 2 aromatic rings. The highest BCUT2D eigenvalue weighted by molar-refractivity contribution is 6.30. The van der Waals surface area contributed by atoms with Crippen molar-refractivity contribution in [1.29, 1.82) is 0 Å². The summed E-state index contributed by atoms with van der Waals surface area (Å²) in [6, 6.07) is 12.8. The van der Waals surface area contributed by atoms with Crippen LogP contribution in [0, 0.1) is 0 Å². The number of esters is 1. The summed E-state index contributed by atoms with van der Waals surface area (Å²) in [4.78, 5) is 35.1. The molecule has 0 aliphatic carbocycles. The van der Waals surface area contributed by atoms with Crippen LogP contribution in [0.15, 0.2) is 48.5 Å². The van der Waals surface area contributed by atoms with Crippen molar-refractivity contribution in [2.24, 2.45) is 0 Å². The number of benzene rings is 2. The Kier molecular flexibility index (Phi) is 6.54. The van der Waals surface area contributed by atoms with Crippen molar-refractivity contribution >= 4 is 35.1 Å². The van der Waals surface area contributed by atoms with E-state index in [1.165, 1.54) is 7.11 Å². The van der Waals surface area contributed by atoms with E-state index in [9.17, 15) is 14.4 Å². The maximum atomic E-state index is 11.9. The number of carbonyl (C=O) groups is 3. The molecule has 0 spiro atoms. The lowest BCUT2D eigenvalue weighted by Gasteiger charge is -2.07. The molecule has 0 aliphatic heterocycles. The summed E-state index contributed by atoms with van der Waals surface area (Å²) in [5.41, 5.74) is 1.43. The average molecular weight is 361 g/mol. The van der Waals surface area contributed by atoms with Gasteiger partial charge in [0.1, 0.15) is 0 Å². The molecule has 6 nitrogen and oxygen atoms in total. The van der Waals surface area contributed by atoms with Crippen LogP contribution in [0.25, 0.3) is 0 Å². The van der Waals surface area contributed by atoms with E-state index < -0.39 is 5.97 Å². The van der Waals surface area contributed by atoms with E-state index >= 15 is 0 Å². The Morgan fingerprint density at radius 2 is 1.56 bits per heavy atom. The van der Waals surface area contributed by atoms with Crippen molar-refractivity contribution in [2.45, 2.75) is 6.42 Å². The highest BCUT2D eigenvalue weighted by Crippen LogP contribution is 2.11. The van der Waals surface area contributed by atoms with Crippen molar-refractivity contribution in [3.63, 3.8) is 0 Å². The number of hydrogen-bond acceptors (Lipinski definition) is 4. The fourth-order valence-corrected chi connectivity index (χ4v) is 2.15. The Morgan fingerprint density at radius 1 is 0.960 bits per heavy atom. The van der Waals surface area contributed by atoms with E-state index in [4.69, 9.17) is 11.6 Å². The number of amides is 2. The first-order valence-corrected chi connectivity index (χ1v) is 7.89. The summed E-state index contributed by atoms with van der Waals surface area (Å²) in [6.07, 6.45) is 0.123. The van der Waals surface area contributed by atoms with Gasteiger partial charge in [0, 0.05) is 29.2 Å². The van der Waals surface area contributed by atoms with Crippen LogP contribution in [0.5, 0.6) is 0 Å². The SMILES string of the molecule is COC(=O)c1ccc(NC(=O)CCNC(=O)c2ccc(Cl)cc2)cc1. The highest BCUT2D eigenvalue weighted by atomic mass is 35.5. The number of hydrogen-bond donors (Lipinski definition) is 2. The second-order valence-corrected chi connectivity index (χ2v) is 5.57. The third-order valence-electron chi connectivity index (χ3n) is 3.33. The molecule has 0 saturated heterocycles. The maximum Gasteiger partial charge on any atom is 0.337 e. The molecular weight excluding hydrogens is 344 g/mol. The van der Waals surface area contributed by atoms with Gasteiger partial charge in [-0.2, -0.15) is 0 Å². The Labute approximate surface area is 150 Å². The quantitative estimate of drug-likeness (QED) is 0.776. The molecule has 2 amide bonds. The van der Waals surface area contributed by atoms with Crippen LogP contribution in [0.3, 0.4) is 0 Å². The third-order valence-corrected chi connectivity index (χ3v) is 3.59. The van der Waals surface area contributed by atoms with E-state index in [1.54, 1.807) is 48.5 Å². The number of methoxy groups -OCH3 is 1. The predicted octanol–water partition coefficient (Wildman–Crippen LogP) is 2.89. The molecule has 0 bridgehead atoms. The monoisotopic (exact) mass is 360 g/mol. The second-order valence-electron chi connectivity index (χ2n) is 5.13. The lowest BCUT2D eigenvalue weighted by Crippen LogP contribution is -2.27. The molecule has 130 valence electrons. The molecule has 2 rings (SSSR count). The zero-order valence-corrected chi connectivity index (χ0v) is 14.3. The van der Waals surface area contributed by atoms with E-state index in [2.05, 4.69) is 15.4 Å². The zero-order chi connectivity index (χ0) is 18.2. The van der Waals surface area contributed by atoms with Gasteiger partial charge in [0.15, 0.2) is 0 Å². The largest absolute Gasteiger partial charge is 0.465 e. The molecule has 0 radical (unpaired) electrons. The van der Waals surface area contributed by atoms with E-state index in [-0.39, 0.29) is 24.8 Å². The van der Waals surface area contributed by atoms with E-state index in [1.807, 2.05) is 0 Å². The zero-order valence-electron chi connectivity index (χ0n) is 13.5. The Hall–Kier alpha value is -2.86. The van der Waals surface area contributed by atoms with Gasteiger partial charge < -0.3 is 15.4 Å². The molecule has 2 aromatic carbocycles. The molecule has 0 fully saturated rings. The Balaban J connectivity index is 1.77. The number of halogens is 1. The molecule has 0 heterocycles. The summed E-state index contributed by atoms with van der Waals surface area (Å²) in [6.45, 7) is 0.202. The van der Waals surface area contributed by atoms with Crippen molar-refractivity contribution in [1.82, 2.24) is 5.32 Å². The van der Waals surface area contributed by atoms with Gasteiger partial charge in [0.05, 0.1) is 12.7 Å². The van der Waals surface area contributed by atoms with Gasteiger partial charge >= 0.3 is 5.97 Å². The van der Waals surface area contributed by atoms with Gasteiger partial charge in [-0.3, -0.25) is 9.59 Å². The van der Waals surface area contributed by atoms with Crippen LogP contribution in [0.4, 0.5) is 5.69 Å². The van der Waals surface area contributed by atoms with Gasteiger partial charge in [-0.05, 0) is 48.5 Å². The van der Waals surface area contributed by atoms with Crippen LogP contribution in [-0.4, -0.2) is 31.4 Å². The fraction of sp³-hybridized carbons (Fsp3) is 0.167. The van der Waals surface area contributed by atoms with Gasteiger partial charge in [0.2, 0.25) is 5.91 Å². The van der Waals surface area contributed by atoms with Crippen LogP contribution in [0.2, 0.25) is 5.02 Å². The number of carbonyl (C=O) groups excluding carboxylic acids is 3. The maximum absolute atomic E-state index is 11.9. The standard InChI is InChI=1S/C18H17ClN2O4/c1-25-18(24)13-4-8-15(9-5-13)21-16(22)10-11-20-17(23)12-2-6-14(19)7-3-12/h2-9H,10-11H2,1H3,(H,20,23)(H,21,22). The third kappa shape index (κ3) is 5.61. The fourth-order valence-electron chi connectivity index (χ4n) is 2.02. The van der Waals surface area contributed by atoms with Crippen LogP contribution < -0.4 is 10.6 Å². The average Bonchev–Trinajstić information content (AvgIpc) is 2.62. The van der Waals surface area contributed by atoms with Gasteiger partial charge in [0.25, 0.3) is 5.91 Å². The minimum Gasteiger partial charge on any atom is -0.465 e. The van der Waals surface area contributed by atoms with Crippen molar-refractivity contribution in [3.8, 4) is 0 Å². The van der Waals surface area contributed by atoms with Gasteiger partial charge in [-0.15, -0.1) is 0 Å². The number of rotatable bonds is 6. The van der Waals surface area contributed by atoms with Crippen LogP contribution in [0.1, 0.15) is 27.1 Å². The molecule has 0 aliphatic rings. The van der Waals surface area contributed by atoms with Gasteiger partial charge in [-0.1, -0.05) is 11.6 Å². The number of ether oxygens (including phenoxy) is 1. The first-order valence-electron chi connectivity index (χ1n) is 7.51. The normalized spacial score (nSPS) is 10.0. The van der Waals surface area contributed by atoms with Crippen molar-refractivity contribution < 1.29 is 19.1 Å². The molecule has 0 aromatic heterocycles. The first kappa shape index (κ1) is 18.5. The summed E-state index contributed by atoms with van der Waals surface area (Å²) in [7, 11) is 1.30. The van der Waals surface area contributed by atoms with Gasteiger partial charge in [-0.25, -0.2) is 4.79 Å². The Bertz CT molecular complexity index is 758. The van der Waals surface area contributed by atoms with Crippen molar-refractivity contribution in [2.75, 3.05) is 19.0 Å². The summed E-state index contributed by atoms with van der Waals surface area (Å²) in [5, 5.41) is 5.90. The second kappa shape index (κ2) is 8.84. The molecule has 25 heavy (non-hydrogen) atoms. The highest BCUT2D eigenvalue weighted by Gasteiger charge is 2.08. The lowest BCUT2D eigenvalue weighted by atomic mass is 10.2. The lowest BCUT2D eigenvalue weighted by molar-refractivity contribution is -0.116. The topological polar surface area (TPSA) is 84.5 Å². The molecule has 0 saturated carbocycles. The van der Waals surface area contributed by atoms with E-state index in [0.29, 0.717) is 21.8 Å². The summed E-state index contributed by atoms with van der Waals surface area (Å²) < 4.78 is 4.60. The predicted molar refractivity (Wildman–Crippen MR) is 94.8 cm³/mol. The summed E-state index contributed by atoms with van der Waals surface area (Å²) >= 11 is 5.76. The van der Waals surface area contributed by atoms with Crippen molar-refractivity contribution in [3.05, 3.63) is 64.7 Å². The number of anilines is 1. The molecule has 0 unspecified atom stereocenters. The minimum absolute atomic E-state index is 0.123. The van der Waals surface area contributed by atoms with E-state index in [0.717, 1.165) is 0 Å². The first-order chi connectivity index (χ1) is 12.0. The summed E-state index contributed by atoms with van der Waals surface area (Å²) in [5.74, 6) is -0.961. The molecule has 2 N–H and O–H groups in total. The van der Waals surface area contributed by atoms with Crippen LogP contribution in [-0.2, 0) is 9.53 Å². The molecule has 7 heteroatoms. The minimum atomic E-state index is -0.442. The van der Waals surface area contributed by atoms with Crippen LogP contribution >= 0.6 is 11.6 Å². The Morgan fingerprint density at radius 3 is 2.16 bits per heavy atom. The smallest absolute Gasteiger partial charge is 0.337 e. The number of nitrogens with one attached hydrogen (secondary N) is 2. The molecular formula is C18H17ClN2O4. The molecule has 0 atom stereocenters.